The van der Waals surface area contributed by atoms with Crippen LogP contribution in [0.15, 0.2) is 30.6 Å². The van der Waals surface area contributed by atoms with Gasteiger partial charge in [0.15, 0.2) is 5.69 Å². The topological polar surface area (TPSA) is 116 Å². The van der Waals surface area contributed by atoms with Crippen molar-refractivity contribution in [2.45, 2.75) is 31.5 Å². The lowest BCUT2D eigenvalue weighted by atomic mass is 10.00. The average molecular weight is 409 g/mol. The maximum atomic E-state index is 8.83. The number of anilines is 2. The third-order valence-corrected chi connectivity index (χ3v) is 5.54. The lowest BCUT2D eigenvalue weighted by Crippen LogP contribution is -2.36. The Morgan fingerprint density at radius 1 is 1.23 bits per heavy atom. The van der Waals surface area contributed by atoms with E-state index in [1.54, 1.807) is 13.3 Å². The van der Waals surface area contributed by atoms with Crippen LogP contribution in [0.2, 0.25) is 0 Å². The minimum absolute atomic E-state index is 0.0201. The second-order valence-electron chi connectivity index (χ2n) is 7.57. The van der Waals surface area contributed by atoms with E-state index in [-0.39, 0.29) is 12.2 Å². The number of nitrogens with one attached hydrogen (secondary N) is 4. The number of methoxy groups -OCH3 is 1. The van der Waals surface area contributed by atoms with Crippen LogP contribution in [-0.4, -0.2) is 43.0 Å². The van der Waals surface area contributed by atoms with Crippen LogP contribution in [0.25, 0.3) is 0 Å². The zero-order valence-corrected chi connectivity index (χ0v) is 17.0. The normalized spacial score (nSPS) is 21.7. The van der Waals surface area contributed by atoms with Crippen LogP contribution in [0.3, 0.4) is 0 Å². The van der Waals surface area contributed by atoms with E-state index >= 15 is 0 Å². The fourth-order valence-corrected chi connectivity index (χ4v) is 3.81. The Hall–Kier alpha value is -2.93. The van der Waals surface area contributed by atoms with Gasteiger partial charge in [0.1, 0.15) is 17.6 Å². The summed E-state index contributed by atoms with van der Waals surface area (Å²) in [4.78, 5) is 8.25. The summed E-state index contributed by atoms with van der Waals surface area (Å²) in [6, 6.07) is 8.33. The Labute approximate surface area is 176 Å². The largest absolute Gasteiger partial charge is 0.496 e. The van der Waals surface area contributed by atoms with Crippen molar-refractivity contribution >= 4 is 11.5 Å². The standard InChI is InChI=1S/C21H27N7O2/c1-29-19-8-15(23-11-14-4-6-30-7-5-14)2-3-17(19)18-9-20(28-27-18)26-21-13-24-16(10-22)12-25-21/h2-3,8,12-14,18,20,23,27-28H,4-7,9,11H2,1H3,(H,25,26). The van der Waals surface area contributed by atoms with Gasteiger partial charge in [0.25, 0.3) is 0 Å². The lowest BCUT2D eigenvalue weighted by Gasteiger charge is -2.23. The second-order valence-corrected chi connectivity index (χ2v) is 7.57. The van der Waals surface area contributed by atoms with Crippen LogP contribution in [0.4, 0.5) is 11.5 Å². The van der Waals surface area contributed by atoms with Crippen molar-refractivity contribution in [3.63, 3.8) is 0 Å². The Morgan fingerprint density at radius 2 is 2.10 bits per heavy atom. The average Bonchev–Trinajstić information content (AvgIpc) is 3.27. The monoisotopic (exact) mass is 409 g/mol. The molecule has 2 fully saturated rings. The number of benzene rings is 1. The van der Waals surface area contributed by atoms with Crippen molar-refractivity contribution in [3.8, 4) is 11.8 Å². The zero-order valence-electron chi connectivity index (χ0n) is 17.0. The first-order valence-corrected chi connectivity index (χ1v) is 10.2. The molecular weight excluding hydrogens is 382 g/mol. The molecule has 1 aromatic heterocycles. The van der Waals surface area contributed by atoms with Crippen LogP contribution in [-0.2, 0) is 4.74 Å². The van der Waals surface area contributed by atoms with E-state index in [1.807, 2.05) is 6.07 Å². The fourth-order valence-electron chi connectivity index (χ4n) is 3.81. The molecule has 2 aliphatic rings. The van der Waals surface area contributed by atoms with Gasteiger partial charge in [-0.15, -0.1) is 0 Å². The number of aromatic nitrogens is 2. The van der Waals surface area contributed by atoms with Crippen molar-refractivity contribution in [1.29, 1.82) is 5.26 Å². The van der Waals surface area contributed by atoms with Crippen molar-refractivity contribution in [2.75, 3.05) is 37.5 Å². The van der Waals surface area contributed by atoms with Crippen LogP contribution in [0.5, 0.6) is 5.75 Å². The van der Waals surface area contributed by atoms with Crippen LogP contribution in [0, 0.1) is 17.2 Å². The number of hydrogen-bond donors (Lipinski definition) is 4. The molecule has 9 heteroatoms. The molecule has 4 N–H and O–H groups in total. The molecule has 9 nitrogen and oxygen atoms in total. The minimum atomic E-state index is -0.0201. The summed E-state index contributed by atoms with van der Waals surface area (Å²) in [5.41, 5.74) is 9.01. The van der Waals surface area contributed by atoms with E-state index in [4.69, 9.17) is 14.7 Å². The van der Waals surface area contributed by atoms with E-state index in [0.29, 0.717) is 17.4 Å². The van der Waals surface area contributed by atoms with Gasteiger partial charge in [-0.3, -0.25) is 0 Å². The van der Waals surface area contributed by atoms with Gasteiger partial charge in [0.2, 0.25) is 0 Å². The fraction of sp³-hybridized carbons (Fsp3) is 0.476. The molecule has 1 aromatic carbocycles. The molecule has 158 valence electrons. The molecule has 0 bridgehead atoms. The molecule has 0 aliphatic carbocycles. The SMILES string of the molecule is COc1cc(NCC2CCOCC2)ccc1C1CC(Nc2cnc(C#N)cn2)NN1. The Morgan fingerprint density at radius 3 is 2.83 bits per heavy atom. The van der Waals surface area contributed by atoms with E-state index in [2.05, 4.69) is 49.7 Å². The highest BCUT2D eigenvalue weighted by molar-refractivity contribution is 5.53. The van der Waals surface area contributed by atoms with E-state index in [1.165, 1.54) is 6.20 Å². The van der Waals surface area contributed by atoms with Crippen LogP contribution in [0.1, 0.15) is 36.6 Å². The number of nitriles is 1. The van der Waals surface area contributed by atoms with Crippen molar-refractivity contribution in [3.05, 3.63) is 41.9 Å². The third-order valence-electron chi connectivity index (χ3n) is 5.54. The summed E-state index contributed by atoms with van der Waals surface area (Å²) < 4.78 is 11.1. The molecule has 2 aliphatic heterocycles. The minimum Gasteiger partial charge on any atom is -0.496 e. The molecule has 2 saturated heterocycles. The smallest absolute Gasteiger partial charge is 0.158 e. The maximum Gasteiger partial charge on any atom is 0.158 e. The van der Waals surface area contributed by atoms with Gasteiger partial charge in [-0.25, -0.2) is 20.8 Å². The van der Waals surface area contributed by atoms with Crippen molar-refractivity contribution in [1.82, 2.24) is 20.8 Å². The molecule has 2 aromatic rings. The molecule has 0 radical (unpaired) electrons. The van der Waals surface area contributed by atoms with E-state index in [9.17, 15) is 0 Å². The first kappa shape index (κ1) is 20.3. The summed E-state index contributed by atoms with van der Waals surface area (Å²) in [5.74, 6) is 2.13. The molecule has 0 amide bonds. The van der Waals surface area contributed by atoms with Gasteiger partial charge in [-0.05, 0) is 24.8 Å². The first-order valence-electron chi connectivity index (χ1n) is 10.2. The second kappa shape index (κ2) is 9.71. The number of hydrogen-bond acceptors (Lipinski definition) is 9. The van der Waals surface area contributed by atoms with Crippen LogP contribution < -0.4 is 26.2 Å². The number of rotatable bonds is 7. The lowest BCUT2D eigenvalue weighted by molar-refractivity contribution is 0.0699. The van der Waals surface area contributed by atoms with Crippen molar-refractivity contribution < 1.29 is 9.47 Å². The van der Waals surface area contributed by atoms with Crippen LogP contribution >= 0.6 is 0 Å². The maximum absolute atomic E-state index is 8.83. The van der Waals surface area contributed by atoms with E-state index < -0.39 is 0 Å². The molecule has 2 atom stereocenters. The highest BCUT2D eigenvalue weighted by atomic mass is 16.5. The van der Waals surface area contributed by atoms with Gasteiger partial charge in [0, 0.05) is 43.5 Å². The zero-order chi connectivity index (χ0) is 20.8. The van der Waals surface area contributed by atoms with Gasteiger partial charge < -0.3 is 20.1 Å². The summed E-state index contributed by atoms with van der Waals surface area (Å²) in [6.45, 7) is 2.67. The Bertz CT molecular complexity index is 878. The van der Waals surface area contributed by atoms with Gasteiger partial charge in [-0.2, -0.15) is 5.26 Å². The Kier molecular flexibility index (Phi) is 6.59. The van der Waals surface area contributed by atoms with Gasteiger partial charge in [-0.1, -0.05) is 6.07 Å². The first-order chi connectivity index (χ1) is 14.7. The molecule has 0 spiro atoms. The van der Waals surface area contributed by atoms with Gasteiger partial charge in [0.05, 0.1) is 31.7 Å². The highest BCUT2D eigenvalue weighted by Crippen LogP contribution is 2.33. The molecule has 0 saturated carbocycles. The predicted octanol–water partition coefficient (Wildman–Crippen LogP) is 2.17. The number of ether oxygens (including phenoxy) is 2. The molecular formula is C21H27N7O2. The number of nitrogens with zero attached hydrogens (tertiary/aromatic N) is 3. The molecule has 3 heterocycles. The van der Waals surface area contributed by atoms with E-state index in [0.717, 1.165) is 56.0 Å². The Balaban J connectivity index is 1.35. The molecule has 30 heavy (non-hydrogen) atoms. The quantitative estimate of drug-likeness (QED) is 0.546. The summed E-state index contributed by atoms with van der Waals surface area (Å²) in [5, 5.41) is 15.6. The van der Waals surface area contributed by atoms with Crippen molar-refractivity contribution in [2.24, 2.45) is 5.92 Å². The molecule has 2 unspecified atom stereocenters. The summed E-state index contributed by atoms with van der Waals surface area (Å²) in [7, 11) is 1.70. The summed E-state index contributed by atoms with van der Waals surface area (Å²) >= 11 is 0. The molecule has 4 rings (SSSR count). The highest BCUT2D eigenvalue weighted by Gasteiger charge is 2.27. The predicted molar refractivity (Wildman–Crippen MR) is 113 cm³/mol. The summed E-state index contributed by atoms with van der Waals surface area (Å²) in [6.07, 6.45) is 6.01. The third kappa shape index (κ3) is 4.97. The van der Waals surface area contributed by atoms with Gasteiger partial charge >= 0.3 is 0 Å². The number of hydrazine groups is 1.